The lowest BCUT2D eigenvalue weighted by Crippen LogP contribution is -2.33. The molecule has 30 heavy (non-hydrogen) atoms. The summed E-state index contributed by atoms with van der Waals surface area (Å²) >= 11 is 0.486. The minimum atomic E-state index is -2.36. The van der Waals surface area contributed by atoms with Crippen LogP contribution in [-0.2, 0) is 19.1 Å². The second-order valence-electron chi connectivity index (χ2n) is 6.38. The molecular weight excluding hydrogens is 435 g/mol. The summed E-state index contributed by atoms with van der Waals surface area (Å²) in [5.74, 6) is -15.4. The van der Waals surface area contributed by atoms with Gasteiger partial charge in [0.05, 0.1) is 18.0 Å². The van der Waals surface area contributed by atoms with Crippen molar-refractivity contribution in [2.24, 2.45) is 0 Å². The van der Waals surface area contributed by atoms with Crippen LogP contribution < -0.4 is 10.6 Å². The number of rotatable bonds is 2. The van der Waals surface area contributed by atoms with Crippen LogP contribution in [0.15, 0.2) is 21.9 Å². The topological polar surface area (TPSA) is 84.5 Å². The molecule has 0 bridgehead atoms. The molecule has 2 aliphatic heterocycles. The first-order valence-electron chi connectivity index (χ1n) is 8.40. The predicted molar refractivity (Wildman–Crippen MR) is 94.1 cm³/mol. The summed E-state index contributed by atoms with van der Waals surface area (Å²) in [5.41, 5.74) is -1.71. The van der Waals surface area contributed by atoms with Crippen LogP contribution in [0.3, 0.4) is 0 Å². The highest BCUT2D eigenvalue weighted by Gasteiger charge is 2.42. The van der Waals surface area contributed by atoms with Crippen LogP contribution in [0.1, 0.15) is 25.3 Å². The number of carbonyl (C=O) groups is 3. The van der Waals surface area contributed by atoms with E-state index >= 15 is 0 Å². The van der Waals surface area contributed by atoms with Crippen LogP contribution in [0, 0.1) is 29.1 Å². The molecule has 0 radical (unpaired) electrons. The second kappa shape index (κ2) is 8.19. The number of benzene rings is 1. The lowest BCUT2D eigenvalue weighted by Gasteiger charge is -2.31. The molecule has 0 saturated carbocycles. The summed E-state index contributed by atoms with van der Waals surface area (Å²) in [6.07, 6.45) is 0. The minimum Gasteiger partial charge on any atom is -0.390 e. The number of ether oxygens (including phenoxy) is 1. The zero-order valence-corrected chi connectivity index (χ0v) is 16.2. The first-order valence-corrected chi connectivity index (χ1v) is 9.22. The van der Waals surface area contributed by atoms with Gasteiger partial charge in [-0.25, -0.2) is 26.7 Å². The Morgan fingerprint density at radius 2 is 1.57 bits per heavy atom. The summed E-state index contributed by atoms with van der Waals surface area (Å²) in [6, 6.07) is 0. The number of hydrogen-bond donors (Lipinski definition) is 2. The van der Waals surface area contributed by atoms with Crippen LogP contribution in [-0.4, -0.2) is 30.1 Å². The van der Waals surface area contributed by atoms with Crippen molar-refractivity contribution < 1.29 is 41.1 Å². The molecule has 2 aliphatic rings. The smallest absolute Gasteiger partial charge is 0.344 e. The summed E-state index contributed by atoms with van der Waals surface area (Å²) < 4.78 is 75.2. The van der Waals surface area contributed by atoms with Crippen molar-refractivity contribution in [1.82, 2.24) is 10.6 Å². The lowest BCUT2D eigenvalue weighted by molar-refractivity contribution is -0.155. The highest BCUT2D eigenvalue weighted by atomic mass is 32.2. The third-order valence-electron chi connectivity index (χ3n) is 4.37. The Morgan fingerprint density at radius 1 is 1.00 bits per heavy atom. The number of thioether (sulfide) groups is 1. The second-order valence-corrected chi connectivity index (χ2v) is 7.48. The maximum absolute atomic E-state index is 14.7. The largest absolute Gasteiger partial charge is 0.390 e. The third-order valence-corrected chi connectivity index (χ3v) is 5.45. The molecule has 0 aliphatic carbocycles. The fourth-order valence-electron chi connectivity index (χ4n) is 3.18. The summed E-state index contributed by atoms with van der Waals surface area (Å²) in [5, 5.41) is 5.00. The number of halogens is 5. The molecule has 1 atom stereocenters. The van der Waals surface area contributed by atoms with Crippen molar-refractivity contribution in [2.75, 3.05) is 13.1 Å². The van der Waals surface area contributed by atoms with Gasteiger partial charge in [0.25, 0.3) is 0 Å². The lowest BCUT2D eigenvalue weighted by atomic mass is 9.85. The van der Waals surface area contributed by atoms with Crippen LogP contribution in [0.2, 0.25) is 0 Å². The van der Waals surface area contributed by atoms with Crippen molar-refractivity contribution in [3.63, 3.8) is 0 Å². The molecule has 0 saturated heterocycles. The average Bonchev–Trinajstić information content (AvgIpc) is 2.84. The molecule has 2 heterocycles. The van der Waals surface area contributed by atoms with Gasteiger partial charge in [0, 0.05) is 35.3 Å². The van der Waals surface area contributed by atoms with E-state index in [4.69, 9.17) is 0 Å². The van der Waals surface area contributed by atoms with Crippen molar-refractivity contribution in [3.05, 3.63) is 56.5 Å². The van der Waals surface area contributed by atoms with E-state index in [1.807, 2.05) is 0 Å². The average molecular weight is 448 g/mol. The van der Waals surface area contributed by atoms with Gasteiger partial charge in [-0.1, -0.05) is 11.8 Å². The first-order chi connectivity index (χ1) is 14.0. The first kappa shape index (κ1) is 22.0. The van der Waals surface area contributed by atoms with E-state index in [1.165, 1.54) is 6.92 Å². The van der Waals surface area contributed by atoms with Crippen LogP contribution in [0.4, 0.5) is 22.0 Å². The minimum absolute atomic E-state index is 0.00759. The van der Waals surface area contributed by atoms with Gasteiger partial charge in [-0.05, 0) is 6.92 Å². The van der Waals surface area contributed by atoms with Crippen LogP contribution in [0.25, 0.3) is 0 Å². The molecule has 6 nitrogen and oxygen atoms in total. The Balaban J connectivity index is 2.33. The molecule has 0 amide bonds. The van der Waals surface area contributed by atoms with E-state index in [2.05, 4.69) is 15.4 Å². The Kier molecular flexibility index (Phi) is 5.99. The van der Waals surface area contributed by atoms with E-state index < -0.39 is 63.2 Å². The fourth-order valence-corrected chi connectivity index (χ4v) is 4.20. The number of carbonyl (C=O) groups excluding carboxylic acids is 3. The molecule has 0 spiro atoms. The van der Waals surface area contributed by atoms with Crippen LogP contribution in [0.5, 0.6) is 0 Å². The highest BCUT2D eigenvalue weighted by Crippen LogP contribution is 2.47. The zero-order chi connectivity index (χ0) is 22.3. The number of esters is 2. The van der Waals surface area contributed by atoms with Gasteiger partial charge in [-0.3, -0.25) is 9.59 Å². The van der Waals surface area contributed by atoms with Crippen molar-refractivity contribution in [1.29, 1.82) is 0 Å². The fraction of sp³-hybridized carbons (Fsp3) is 0.278. The molecule has 1 unspecified atom stereocenters. The molecule has 0 aromatic heterocycles. The molecule has 0 fully saturated rings. The normalized spacial score (nSPS) is 19.3. The number of nitrogens with one attached hydrogen (secondary N) is 2. The van der Waals surface area contributed by atoms with Gasteiger partial charge >= 0.3 is 11.9 Å². The number of allylic oxidation sites excluding steroid dienone is 2. The molecule has 160 valence electrons. The van der Waals surface area contributed by atoms with Crippen molar-refractivity contribution in [2.45, 2.75) is 19.8 Å². The predicted octanol–water partition coefficient (Wildman–Crippen LogP) is 2.51. The molecule has 1 aromatic carbocycles. The molecular formula is C18H13F5N2O4S. The Morgan fingerprint density at radius 3 is 2.13 bits per heavy atom. The van der Waals surface area contributed by atoms with Gasteiger partial charge in [0.1, 0.15) is 0 Å². The maximum Gasteiger partial charge on any atom is 0.344 e. The van der Waals surface area contributed by atoms with E-state index in [0.29, 0.717) is 11.8 Å². The summed E-state index contributed by atoms with van der Waals surface area (Å²) in [7, 11) is 0. The maximum atomic E-state index is 14.7. The Labute approximate surface area is 170 Å². The number of hydrogen-bond acceptors (Lipinski definition) is 7. The monoisotopic (exact) mass is 448 g/mol. The van der Waals surface area contributed by atoms with E-state index in [-0.39, 0.29) is 29.4 Å². The van der Waals surface area contributed by atoms with E-state index in [1.54, 1.807) is 0 Å². The van der Waals surface area contributed by atoms with E-state index in [9.17, 15) is 36.3 Å². The number of dihydropyridines is 1. The standard InChI is InChI=1S/C18H13F5N2O4S/c1-5-9(18(28)29-6(2)26)10(17-7(25-5)3-24-4-8(27)30-17)11-12(19)14(21)16(23)15(22)13(11)20/h10,24-25H,3-4H2,1-2H3. The Hall–Kier alpha value is -2.73. The quantitative estimate of drug-likeness (QED) is 0.237. The molecule has 2 N–H and O–H groups in total. The third kappa shape index (κ3) is 3.72. The van der Waals surface area contributed by atoms with Crippen LogP contribution >= 0.6 is 11.8 Å². The van der Waals surface area contributed by atoms with Gasteiger partial charge in [-0.15, -0.1) is 0 Å². The molecule has 3 rings (SSSR count). The van der Waals surface area contributed by atoms with Gasteiger partial charge < -0.3 is 15.4 Å². The summed E-state index contributed by atoms with van der Waals surface area (Å²) in [6.45, 7) is 2.05. The molecule has 1 aromatic rings. The SMILES string of the molecule is CC(=O)OC(=O)C1=C(C)NC2=C(SC(=O)CNC2)C1c1c(F)c(F)c(F)c(F)c1F. The molecule has 12 heteroatoms. The summed E-state index contributed by atoms with van der Waals surface area (Å²) in [4.78, 5) is 35.7. The Bertz CT molecular complexity index is 1020. The zero-order valence-electron chi connectivity index (χ0n) is 15.4. The van der Waals surface area contributed by atoms with Crippen molar-refractivity contribution in [3.8, 4) is 0 Å². The van der Waals surface area contributed by atoms with Gasteiger partial charge in [0.15, 0.2) is 23.3 Å². The van der Waals surface area contributed by atoms with Gasteiger partial charge in [0.2, 0.25) is 10.9 Å². The van der Waals surface area contributed by atoms with E-state index in [0.717, 1.165) is 6.92 Å². The van der Waals surface area contributed by atoms with Crippen molar-refractivity contribution >= 4 is 28.8 Å². The van der Waals surface area contributed by atoms with Gasteiger partial charge in [-0.2, -0.15) is 0 Å². The highest BCUT2D eigenvalue weighted by molar-refractivity contribution is 8.17.